The number of morpholine rings is 1. The summed E-state index contributed by atoms with van der Waals surface area (Å²) in [5.41, 5.74) is 2.72. The quantitative estimate of drug-likeness (QED) is 0.792. The molecular weight excluding hydrogens is 344 g/mol. The van der Waals surface area contributed by atoms with E-state index in [1.54, 1.807) is 11.8 Å². The number of amides is 1. The van der Waals surface area contributed by atoms with Crippen LogP contribution in [0.2, 0.25) is 0 Å². The molecule has 3 rings (SSSR count). The van der Waals surface area contributed by atoms with Gasteiger partial charge in [0, 0.05) is 30.9 Å². The Morgan fingerprint density at radius 2 is 2.00 bits per heavy atom. The predicted octanol–water partition coefficient (Wildman–Crippen LogP) is 3.38. The maximum atomic E-state index is 12.4. The van der Waals surface area contributed by atoms with Crippen LogP contribution in [-0.4, -0.2) is 54.9 Å². The zero-order chi connectivity index (χ0) is 18.2. The first-order valence-corrected chi connectivity index (χ1v) is 11.1. The van der Waals surface area contributed by atoms with Crippen LogP contribution in [0.3, 0.4) is 0 Å². The van der Waals surface area contributed by atoms with Crippen molar-refractivity contribution in [2.24, 2.45) is 0 Å². The third-order valence-electron chi connectivity index (χ3n) is 5.67. The van der Waals surface area contributed by atoms with E-state index in [1.165, 1.54) is 43.2 Å². The lowest BCUT2D eigenvalue weighted by Gasteiger charge is -2.48. The molecule has 0 bridgehead atoms. The predicted molar refractivity (Wildman–Crippen MR) is 109 cm³/mol. The van der Waals surface area contributed by atoms with E-state index in [0.717, 1.165) is 38.6 Å². The Kier molecular flexibility index (Phi) is 7.41. The summed E-state index contributed by atoms with van der Waals surface area (Å²) in [7, 11) is 0. The number of hydrogen-bond donors (Lipinski definition) is 1. The Morgan fingerprint density at radius 3 is 2.73 bits per heavy atom. The number of nitrogens with zero attached hydrogens (tertiary/aromatic N) is 1. The molecule has 2 fully saturated rings. The van der Waals surface area contributed by atoms with Crippen molar-refractivity contribution in [3.63, 3.8) is 0 Å². The second-order valence-corrected chi connectivity index (χ2v) is 8.63. The monoisotopic (exact) mass is 376 g/mol. The van der Waals surface area contributed by atoms with Gasteiger partial charge in [0.1, 0.15) is 0 Å². The van der Waals surface area contributed by atoms with Crippen molar-refractivity contribution in [3.8, 4) is 0 Å². The van der Waals surface area contributed by atoms with Gasteiger partial charge in [-0.15, -0.1) is 11.8 Å². The molecule has 26 heavy (non-hydrogen) atoms. The number of rotatable bonds is 7. The fourth-order valence-electron chi connectivity index (χ4n) is 4.23. The highest BCUT2D eigenvalue weighted by atomic mass is 32.2. The molecule has 1 aliphatic heterocycles. The fourth-order valence-corrected chi connectivity index (χ4v) is 5.03. The number of hydrogen-bond acceptors (Lipinski definition) is 4. The molecule has 144 valence electrons. The molecule has 2 aliphatic rings. The second-order valence-electron chi connectivity index (χ2n) is 7.64. The Bertz CT molecular complexity index is 581. The maximum Gasteiger partial charge on any atom is 0.230 e. The summed E-state index contributed by atoms with van der Waals surface area (Å²) >= 11 is 1.70. The van der Waals surface area contributed by atoms with E-state index in [1.807, 2.05) is 0 Å². The Morgan fingerprint density at radius 1 is 1.23 bits per heavy atom. The van der Waals surface area contributed by atoms with Crippen LogP contribution in [0.1, 0.15) is 43.2 Å². The third kappa shape index (κ3) is 5.48. The third-order valence-corrected chi connectivity index (χ3v) is 6.67. The highest BCUT2D eigenvalue weighted by Crippen LogP contribution is 2.33. The van der Waals surface area contributed by atoms with Gasteiger partial charge in [0.15, 0.2) is 0 Å². The van der Waals surface area contributed by atoms with Crippen LogP contribution in [-0.2, 0) is 15.3 Å². The number of thioether (sulfide) groups is 1. The van der Waals surface area contributed by atoms with Gasteiger partial charge in [-0.3, -0.25) is 9.69 Å². The Labute approximate surface area is 162 Å². The summed E-state index contributed by atoms with van der Waals surface area (Å²) in [5, 5.41) is 3.25. The van der Waals surface area contributed by atoms with Gasteiger partial charge in [-0.05, 0) is 25.3 Å². The minimum absolute atomic E-state index is 0.152. The number of carbonyl (C=O) groups excluding carboxylic acids is 1. The van der Waals surface area contributed by atoms with E-state index < -0.39 is 0 Å². The molecule has 0 atom stereocenters. The van der Waals surface area contributed by atoms with Crippen molar-refractivity contribution in [3.05, 3.63) is 35.4 Å². The molecular formula is C21H32N2O2S. The first-order chi connectivity index (χ1) is 12.7. The van der Waals surface area contributed by atoms with Gasteiger partial charge in [-0.25, -0.2) is 0 Å². The molecule has 1 heterocycles. The minimum atomic E-state index is 0.152. The van der Waals surface area contributed by atoms with Crippen LogP contribution in [0.4, 0.5) is 0 Å². The average molecular weight is 377 g/mol. The lowest BCUT2D eigenvalue weighted by Crippen LogP contribution is -2.59. The minimum Gasteiger partial charge on any atom is -0.379 e. The molecule has 1 N–H and O–H groups in total. The van der Waals surface area contributed by atoms with Crippen LogP contribution < -0.4 is 5.32 Å². The van der Waals surface area contributed by atoms with E-state index in [0.29, 0.717) is 5.75 Å². The first-order valence-electron chi connectivity index (χ1n) is 9.91. The molecule has 1 saturated carbocycles. The van der Waals surface area contributed by atoms with Gasteiger partial charge in [0.05, 0.1) is 19.0 Å². The smallest absolute Gasteiger partial charge is 0.230 e. The van der Waals surface area contributed by atoms with Crippen LogP contribution in [0.15, 0.2) is 24.3 Å². The average Bonchev–Trinajstić information content (AvgIpc) is 2.68. The van der Waals surface area contributed by atoms with E-state index in [4.69, 9.17) is 4.74 Å². The van der Waals surface area contributed by atoms with Gasteiger partial charge in [0.2, 0.25) is 5.91 Å². The molecule has 0 radical (unpaired) electrons. The van der Waals surface area contributed by atoms with Crippen molar-refractivity contribution < 1.29 is 9.53 Å². The number of benzene rings is 1. The largest absolute Gasteiger partial charge is 0.379 e. The normalized spacial score (nSPS) is 20.7. The number of carbonyl (C=O) groups is 1. The van der Waals surface area contributed by atoms with Gasteiger partial charge >= 0.3 is 0 Å². The van der Waals surface area contributed by atoms with Crippen LogP contribution in [0, 0.1) is 6.92 Å². The standard InChI is InChI=1S/C21H32N2O2S/c1-18-6-5-7-19(14-18)15-26-16-20(24)22-17-21(8-3-2-4-9-21)23-10-12-25-13-11-23/h5-7,14H,2-4,8-13,15-17H2,1H3,(H,22,24). The number of nitrogens with one attached hydrogen (secondary N) is 1. The highest BCUT2D eigenvalue weighted by molar-refractivity contribution is 7.99. The van der Waals surface area contributed by atoms with E-state index in [9.17, 15) is 4.79 Å². The van der Waals surface area contributed by atoms with Crippen LogP contribution in [0.5, 0.6) is 0 Å². The molecule has 1 aromatic rings. The lowest BCUT2D eigenvalue weighted by molar-refractivity contribution is -0.119. The van der Waals surface area contributed by atoms with Gasteiger partial charge in [0.25, 0.3) is 0 Å². The Balaban J connectivity index is 1.46. The van der Waals surface area contributed by atoms with Crippen molar-refractivity contribution in [2.75, 3.05) is 38.6 Å². The Hall–Kier alpha value is -1.04. The van der Waals surface area contributed by atoms with Gasteiger partial charge in [-0.2, -0.15) is 0 Å². The van der Waals surface area contributed by atoms with E-state index in [-0.39, 0.29) is 11.4 Å². The summed E-state index contributed by atoms with van der Waals surface area (Å²) < 4.78 is 5.53. The lowest BCUT2D eigenvalue weighted by atomic mass is 9.79. The SMILES string of the molecule is Cc1cccc(CSCC(=O)NCC2(N3CCOCC3)CCCCC2)c1. The summed E-state index contributed by atoms with van der Waals surface area (Å²) in [6.07, 6.45) is 6.27. The summed E-state index contributed by atoms with van der Waals surface area (Å²) in [4.78, 5) is 15.0. The number of ether oxygens (including phenoxy) is 1. The molecule has 0 unspecified atom stereocenters. The van der Waals surface area contributed by atoms with Crippen molar-refractivity contribution in [2.45, 2.75) is 50.3 Å². The molecule has 0 spiro atoms. The number of aryl methyl sites for hydroxylation is 1. The summed E-state index contributed by atoms with van der Waals surface area (Å²) in [6, 6.07) is 8.52. The molecule has 4 nitrogen and oxygen atoms in total. The summed E-state index contributed by atoms with van der Waals surface area (Å²) in [5.74, 6) is 1.59. The fraction of sp³-hybridized carbons (Fsp3) is 0.667. The molecule has 1 aromatic carbocycles. The molecule has 1 aliphatic carbocycles. The first kappa shape index (κ1) is 19.7. The van der Waals surface area contributed by atoms with E-state index >= 15 is 0 Å². The van der Waals surface area contributed by atoms with E-state index in [2.05, 4.69) is 41.4 Å². The van der Waals surface area contributed by atoms with Crippen molar-refractivity contribution in [1.82, 2.24) is 10.2 Å². The topological polar surface area (TPSA) is 41.6 Å². The second kappa shape index (κ2) is 9.77. The van der Waals surface area contributed by atoms with Gasteiger partial charge in [-0.1, -0.05) is 49.1 Å². The van der Waals surface area contributed by atoms with Crippen LogP contribution in [0.25, 0.3) is 0 Å². The van der Waals surface area contributed by atoms with Crippen molar-refractivity contribution in [1.29, 1.82) is 0 Å². The molecule has 5 heteroatoms. The van der Waals surface area contributed by atoms with Crippen LogP contribution >= 0.6 is 11.8 Å². The van der Waals surface area contributed by atoms with Gasteiger partial charge < -0.3 is 10.1 Å². The maximum absolute atomic E-state index is 12.4. The molecule has 0 aromatic heterocycles. The summed E-state index contributed by atoms with van der Waals surface area (Å²) in [6.45, 7) is 6.53. The zero-order valence-electron chi connectivity index (χ0n) is 16.0. The molecule has 1 amide bonds. The highest BCUT2D eigenvalue weighted by Gasteiger charge is 2.38. The van der Waals surface area contributed by atoms with Crippen molar-refractivity contribution >= 4 is 17.7 Å². The molecule has 1 saturated heterocycles. The zero-order valence-corrected chi connectivity index (χ0v) is 16.8.